The van der Waals surface area contributed by atoms with Crippen molar-refractivity contribution >= 4 is 17.4 Å². The van der Waals surface area contributed by atoms with Crippen LogP contribution >= 0.6 is 0 Å². The molecule has 8 nitrogen and oxygen atoms in total. The Labute approximate surface area is 161 Å². The van der Waals surface area contributed by atoms with Gasteiger partial charge in [-0.25, -0.2) is 5.10 Å². The summed E-state index contributed by atoms with van der Waals surface area (Å²) in [5.74, 6) is 0.501. The summed E-state index contributed by atoms with van der Waals surface area (Å²) in [4.78, 5) is 25.7. The number of piperidine rings is 1. The van der Waals surface area contributed by atoms with Gasteiger partial charge < -0.3 is 10.2 Å². The van der Waals surface area contributed by atoms with Crippen LogP contribution in [-0.4, -0.2) is 39.4 Å². The quantitative estimate of drug-likeness (QED) is 0.725. The van der Waals surface area contributed by atoms with Crippen LogP contribution in [0.25, 0.3) is 11.3 Å². The molecular weight excluding hydrogens is 356 g/mol. The molecule has 1 fully saturated rings. The number of anilines is 2. The van der Waals surface area contributed by atoms with Crippen molar-refractivity contribution in [2.75, 3.05) is 23.3 Å². The number of carbonyl (C=O) groups excluding carboxylic acids is 1. The summed E-state index contributed by atoms with van der Waals surface area (Å²) in [6.45, 7) is 1.97. The maximum Gasteiger partial charge on any atom is 0.276 e. The van der Waals surface area contributed by atoms with E-state index in [0.717, 1.165) is 37.3 Å². The van der Waals surface area contributed by atoms with E-state index in [0.29, 0.717) is 11.4 Å². The van der Waals surface area contributed by atoms with Crippen molar-refractivity contribution < 1.29 is 4.79 Å². The molecule has 3 heterocycles. The van der Waals surface area contributed by atoms with Crippen LogP contribution in [0.15, 0.2) is 53.3 Å². The monoisotopic (exact) mass is 376 g/mol. The van der Waals surface area contributed by atoms with Crippen molar-refractivity contribution in [1.29, 1.82) is 0 Å². The molecule has 2 N–H and O–H groups in total. The number of benzene rings is 1. The summed E-state index contributed by atoms with van der Waals surface area (Å²) in [5.41, 5.74) is 2.14. The van der Waals surface area contributed by atoms with E-state index in [2.05, 4.69) is 30.6 Å². The van der Waals surface area contributed by atoms with Crippen molar-refractivity contribution in [3.63, 3.8) is 0 Å². The molecule has 1 aliphatic heterocycles. The molecule has 2 aromatic heterocycles. The van der Waals surface area contributed by atoms with E-state index in [4.69, 9.17) is 0 Å². The average molecular weight is 376 g/mol. The first-order chi connectivity index (χ1) is 13.7. The highest BCUT2D eigenvalue weighted by Gasteiger charge is 2.14. The Hall–Kier alpha value is -3.55. The highest BCUT2D eigenvalue weighted by Crippen LogP contribution is 2.19. The summed E-state index contributed by atoms with van der Waals surface area (Å²) >= 11 is 0. The maximum absolute atomic E-state index is 12.4. The van der Waals surface area contributed by atoms with Gasteiger partial charge in [0, 0.05) is 30.4 Å². The molecule has 0 radical (unpaired) electrons. The Kier molecular flexibility index (Phi) is 5.09. The first-order valence-electron chi connectivity index (χ1n) is 9.25. The van der Waals surface area contributed by atoms with Crippen LogP contribution in [0, 0.1) is 0 Å². The smallest absolute Gasteiger partial charge is 0.276 e. The molecule has 8 heteroatoms. The van der Waals surface area contributed by atoms with E-state index in [1.54, 1.807) is 24.3 Å². The third kappa shape index (κ3) is 4.06. The fraction of sp³-hybridized carbons (Fsp3) is 0.250. The molecule has 1 aromatic carbocycles. The number of carbonyl (C=O) groups is 1. The molecule has 0 bridgehead atoms. The number of hydrogen-bond donors (Lipinski definition) is 2. The minimum Gasteiger partial charge on any atom is -0.355 e. The molecule has 3 aromatic rings. The van der Waals surface area contributed by atoms with Gasteiger partial charge >= 0.3 is 0 Å². The molecule has 142 valence electrons. The Balaban J connectivity index is 1.41. The number of nitrogens with one attached hydrogen (secondary N) is 2. The van der Waals surface area contributed by atoms with Crippen LogP contribution in [0.1, 0.15) is 29.8 Å². The fourth-order valence-electron chi connectivity index (χ4n) is 3.16. The van der Waals surface area contributed by atoms with Crippen molar-refractivity contribution in [3.8, 4) is 11.3 Å². The predicted molar refractivity (Wildman–Crippen MR) is 106 cm³/mol. The van der Waals surface area contributed by atoms with E-state index >= 15 is 0 Å². The Bertz CT molecular complexity index is 988. The molecule has 1 amide bonds. The minimum absolute atomic E-state index is 0.250. The number of aromatic amines is 1. The third-order valence-corrected chi connectivity index (χ3v) is 4.68. The summed E-state index contributed by atoms with van der Waals surface area (Å²) in [7, 11) is 0. The molecular formula is C20H20N6O2. The van der Waals surface area contributed by atoms with Gasteiger partial charge in [0.15, 0.2) is 11.5 Å². The lowest BCUT2D eigenvalue weighted by molar-refractivity contribution is 0.102. The van der Waals surface area contributed by atoms with Crippen LogP contribution in [-0.2, 0) is 0 Å². The molecule has 0 atom stereocenters. The van der Waals surface area contributed by atoms with E-state index in [1.165, 1.54) is 12.5 Å². The zero-order valence-electron chi connectivity index (χ0n) is 15.3. The lowest BCUT2D eigenvalue weighted by atomic mass is 10.1. The molecule has 0 spiro atoms. The number of aromatic nitrogens is 4. The third-order valence-electron chi connectivity index (χ3n) is 4.68. The van der Waals surface area contributed by atoms with Gasteiger partial charge in [-0.15, -0.1) is 10.2 Å². The normalized spacial score (nSPS) is 13.9. The van der Waals surface area contributed by atoms with Crippen LogP contribution in [0.3, 0.4) is 0 Å². The Morgan fingerprint density at radius 1 is 0.929 bits per heavy atom. The van der Waals surface area contributed by atoms with Gasteiger partial charge in [-0.2, -0.15) is 5.10 Å². The largest absolute Gasteiger partial charge is 0.355 e. The molecule has 0 saturated carbocycles. The van der Waals surface area contributed by atoms with Gasteiger partial charge in [0.05, 0.1) is 5.69 Å². The topological polar surface area (TPSA) is 104 Å². The second kappa shape index (κ2) is 7.99. The van der Waals surface area contributed by atoms with Crippen LogP contribution in [0.4, 0.5) is 11.5 Å². The summed E-state index contributed by atoms with van der Waals surface area (Å²) in [6, 6.07) is 13.8. The van der Waals surface area contributed by atoms with Crippen molar-refractivity contribution in [2.45, 2.75) is 19.3 Å². The molecule has 1 saturated heterocycles. The first-order valence-corrected chi connectivity index (χ1v) is 9.25. The van der Waals surface area contributed by atoms with Crippen molar-refractivity contribution in [1.82, 2.24) is 20.4 Å². The highest BCUT2D eigenvalue weighted by molar-refractivity contribution is 6.02. The standard InChI is InChI=1S/C20H20N6O2/c27-19-11-9-16(22-25-19)14-4-6-15(7-5-14)21-20(28)17-8-10-18(24-23-17)26-12-2-1-3-13-26/h4-11H,1-3,12-13H2,(H,21,28)(H,25,27). The molecule has 1 aliphatic rings. The summed E-state index contributed by atoms with van der Waals surface area (Å²) < 4.78 is 0. The van der Waals surface area contributed by atoms with Crippen molar-refractivity contribution in [3.05, 3.63) is 64.6 Å². The lowest BCUT2D eigenvalue weighted by Gasteiger charge is -2.27. The average Bonchev–Trinajstić information content (AvgIpc) is 2.76. The molecule has 0 unspecified atom stereocenters. The molecule has 4 rings (SSSR count). The maximum atomic E-state index is 12.4. The number of amides is 1. The second-order valence-electron chi connectivity index (χ2n) is 6.66. The number of H-pyrrole nitrogens is 1. The molecule has 28 heavy (non-hydrogen) atoms. The van der Waals surface area contributed by atoms with E-state index in [9.17, 15) is 9.59 Å². The van der Waals surface area contributed by atoms with Gasteiger partial charge in [0.25, 0.3) is 11.5 Å². The first kappa shape index (κ1) is 17.8. The summed E-state index contributed by atoms with van der Waals surface area (Å²) in [6.07, 6.45) is 3.57. The molecule has 0 aliphatic carbocycles. The number of hydrogen-bond acceptors (Lipinski definition) is 6. The van der Waals surface area contributed by atoms with Crippen LogP contribution in [0.5, 0.6) is 0 Å². The summed E-state index contributed by atoms with van der Waals surface area (Å²) in [5, 5.41) is 17.5. The lowest BCUT2D eigenvalue weighted by Crippen LogP contribution is -2.30. The Morgan fingerprint density at radius 3 is 2.36 bits per heavy atom. The fourth-order valence-corrected chi connectivity index (χ4v) is 3.16. The Morgan fingerprint density at radius 2 is 1.71 bits per heavy atom. The minimum atomic E-state index is -0.312. The van der Waals surface area contributed by atoms with Gasteiger partial charge in [0.1, 0.15) is 0 Å². The van der Waals surface area contributed by atoms with Crippen molar-refractivity contribution in [2.24, 2.45) is 0 Å². The highest BCUT2D eigenvalue weighted by atomic mass is 16.2. The van der Waals surface area contributed by atoms with Crippen LogP contribution < -0.4 is 15.8 Å². The van der Waals surface area contributed by atoms with Gasteiger partial charge in [-0.05, 0) is 49.6 Å². The number of nitrogens with zero attached hydrogens (tertiary/aromatic N) is 4. The van der Waals surface area contributed by atoms with Gasteiger partial charge in [0.2, 0.25) is 0 Å². The SMILES string of the molecule is O=C(Nc1ccc(-c2ccc(=O)[nH]n2)cc1)c1ccc(N2CCCCC2)nn1. The van der Waals surface area contributed by atoms with E-state index in [1.807, 2.05) is 18.2 Å². The predicted octanol–water partition coefficient (Wildman–Crippen LogP) is 2.47. The zero-order chi connectivity index (χ0) is 19.3. The van der Waals surface area contributed by atoms with Gasteiger partial charge in [-0.1, -0.05) is 12.1 Å². The second-order valence-corrected chi connectivity index (χ2v) is 6.66. The number of rotatable bonds is 4. The van der Waals surface area contributed by atoms with Gasteiger partial charge in [-0.3, -0.25) is 9.59 Å². The van der Waals surface area contributed by atoms with E-state index < -0.39 is 0 Å². The van der Waals surface area contributed by atoms with E-state index in [-0.39, 0.29) is 17.2 Å². The van der Waals surface area contributed by atoms with Crippen LogP contribution in [0.2, 0.25) is 0 Å². The zero-order valence-corrected chi connectivity index (χ0v) is 15.3.